The minimum Gasteiger partial charge on any atom is -0.381 e. The van der Waals surface area contributed by atoms with Crippen molar-refractivity contribution in [2.24, 2.45) is 5.73 Å². The van der Waals surface area contributed by atoms with Crippen LogP contribution in [-0.2, 0) is 4.79 Å². The van der Waals surface area contributed by atoms with Gasteiger partial charge in [0, 0.05) is 31.2 Å². The third-order valence-corrected chi connectivity index (χ3v) is 2.50. The number of carbonyl (C=O) groups excluding carboxylic acids is 1. The van der Waals surface area contributed by atoms with Crippen molar-refractivity contribution < 1.29 is 9.18 Å². The van der Waals surface area contributed by atoms with E-state index in [0.29, 0.717) is 19.5 Å². The topological polar surface area (TPSA) is 67.2 Å². The number of hydrogen-bond acceptors (Lipinski definition) is 3. The van der Waals surface area contributed by atoms with E-state index in [1.807, 2.05) is 6.92 Å². The molecule has 0 saturated carbocycles. The van der Waals surface area contributed by atoms with E-state index < -0.39 is 0 Å². The number of nitrogens with two attached hydrogens (primary N) is 1. The largest absolute Gasteiger partial charge is 0.381 e. The molecule has 0 heterocycles. The second-order valence-corrected chi connectivity index (χ2v) is 4.14. The smallest absolute Gasteiger partial charge is 0.222 e. The zero-order valence-electron chi connectivity index (χ0n) is 10.6. The molecule has 1 unspecified atom stereocenters. The molecule has 100 valence electrons. The van der Waals surface area contributed by atoms with Crippen LogP contribution in [0.5, 0.6) is 0 Å². The van der Waals surface area contributed by atoms with Crippen molar-refractivity contribution in [1.82, 2.24) is 5.32 Å². The number of hydrogen-bond donors (Lipinski definition) is 3. The van der Waals surface area contributed by atoms with Gasteiger partial charge in [0.25, 0.3) is 0 Å². The molecule has 0 aliphatic rings. The third kappa shape index (κ3) is 5.14. The molecular weight excluding hydrogens is 233 g/mol. The first-order valence-electron chi connectivity index (χ1n) is 6.14. The molecular formula is C13H20FN3O. The molecule has 18 heavy (non-hydrogen) atoms. The normalized spacial score (nSPS) is 11.9. The lowest BCUT2D eigenvalue weighted by Gasteiger charge is -2.17. The van der Waals surface area contributed by atoms with Gasteiger partial charge >= 0.3 is 0 Å². The van der Waals surface area contributed by atoms with Crippen molar-refractivity contribution in [2.45, 2.75) is 25.8 Å². The van der Waals surface area contributed by atoms with E-state index in [9.17, 15) is 9.18 Å². The average Bonchev–Trinajstić information content (AvgIpc) is 2.38. The molecule has 1 amide bonds. The molecule has 0 spiro atoms. The molecule has 1 aromatic carbocycles. The summed E-state index contributed by atoms with van der Waals surface area (Å²) in [7, 11) is 0. The van der Waals surface area contributed by atoms with Crippen molar-refractivity contribution in [2.75, 3.05) is 18.4 Å². The van der Waals surface area contributed by atoms with Crippen LogP contribution in [-0.4, -0.2) is 25.0 Å². The van der Waals surface area contributed by atoms with E-state index in [1.165, 1.54) is 12.1 Å². The van der Waals surface area contributed by atoms with Gasteiger partial charge in [0.2, 0.25) is 5.91 Å². The SMILES string of the molecule is CCCNC(=O)CC(CN)Nc1ccc(F)cc1. The Bertz CT molecular complexity index is 367. The molecule has 0 bridgehead atoms. The number of amides is 1. The summed E-state index contributed by atoms with van der Waals surface area (Å²) in [6.07, 6.45) is 1.22. The fourth-order valence-corrected chi connectivity index (χ4v) is 1.54. The maximum atomic E-state index is 12.7. The maximum absolute atomic E-state index is 12.7. The fraction of sp³-hybridized carbons (Fsp3) is 0.462. The Hall–Kier alpha value is -1.62. The van der Waals surface area contributed by atoms with Gasteiger partial charge in [-0.3, -0.25) is 4.79 Å². The van der Waals surface area contributed by atoms with Gasteiger partial charge in [0.1, 0.15) is 5.82 Å². The zero-order chi connectivity index (χ0) is 13.4. The Balaban J connectivity index is 2.46. The predicted octanol–water partition coefficient (Wildman–Crippen LogP) is 1.48. The van der Waals surface area contributed by atoms with E-state index in [-0.39, 0.29) is 17.8 Å². The van der Waals surface area contributed by atoms with Gasteiger partial charge in [-0.05, 0) is 30.7 Å². The number of nitrogens with one attached hydrogen (secondary N) is 2. The van der Waals surface area contributed by atoms with Crippen LogP contribution < -0.4 is 16.4 Å². The van der Waals surface area contributed by atoms with Gasteiger partial charge < -0.3 is 16.4 Å². The first-order chi connectivity index (χ1) is 8.65. The zero-order valence-corrected chi connectivity index (χ0v) is 10.6. The van der Waals surface area contributed by atoms with Crippen LogP contribution >= 0.6 is 0 Å². The second kappa shape index (κ2) is 7.66. The van der Waals surface area contributed by atoms with Crippen LogP contribution in [0.3, 0.4) is 0 Å². The molecule has 0 fully saturated rings. The Morgan fingerprint density at radius 1 is 1.39 bits per heavy atom. The summed E-state index contributed by atoms with van der Waals surface area (Å²) in [4.78, 5) is 11.5. The number of anilines is 1. The number of benzene rings is 1. The standard InChI is InChI=1S/C13H20FN3O/c1-2-7-16-13(18)8-12(9-15)17-11-5-3-10(14)4-6-11/h3-6,12,17H,2,7-9,15H2,1H3,(H,16,18). The molecule has 1 aromatic rings. The van der Waals surface area contributed by atoms with Crippen molar-refractivity contribution in [3.63, 3.8) is 0 Å². The van der Waals surface area contributed by atoms with E-state index in [1.54, 1.807) is 12.1 Å². The summed E-state index contributed by atoms with van der Waals surface area (Å²) in [6, 6.07) is 5.84. The molecule has 0 radical (unpaired) electrons. The van der Waals surface area contributed by atoms with Crippen LogP contribution in [0.2, 0.25) is 0 Å². The third-order valence-electron chi connectivity index (χ3n) is 2.50. The number of halogens is 1. The molecule has 4 N–H and O–H groups in total. The second-order valence-electron chi connectivity index (χ2n) is 4.14. The average molecular weight is 253 g/mol. The van der Waals surface area contributed by atoms with Gasteiger partial charge in [-0.15, -0.1) is 0 Å². The van der Waals surface area contributed by atoms with E-state index >= 15 is 0 Å². The van der Waals surface area contributed by atoms with Gasteiger partial charge in [-0.25, -0.2) is 4.39 Å². The van der Waals surface area contributed by atoms with Gasteiger partial charge in [-0.2, -0.15) is 0 Å². The molecule has 0 aromatic heterocycles. The Morgan fingerprint density at radius 2 is 2.06 bits per heavy atom. The highest BCUT2D eigenvalue weighted by molar-refractivity contribution is 5.77. The predicted molar refractivity (Wildman–Crippen MR) is 70.8 cm³/mol. The first kappa shape index (κ1) is 14.4. The summed E-state index contributed by atoms with van der Waals surface area (Å²) in [6.45, 7) is 3.01. The lowest BCUT2D eigenvalue weighted by Crippen LogP contribution is -2.36. The highest BCUT2D eigenvalue weighted by Gasteiger charge is 2.11. The van der Waals surface area contributed by atoms with Crippen molar-refractivity contribution in [1.29, 1.82) is 0 Å². The fourth-order valence-electron chi connectivity index (χ4n) is 1.54. The summed E-state index contributed by atoms with van der Waals surface area (Å²) in [5, 5.41) is 5.91. The summed E-state index contributed by atoms with van der Waals surface area (Å²) >= 11 is 0. The van der Waals surface area contributed by atoms with E-state index in [4.69, 9.17) is 5.73 Å². The summed E-state index contributed by atoms with van der Waals surface area (Å²) in [5.41, 5.74) is 6.37. The molecule has 0 saturated heterocycles. The summed E-state index contributed by atoms with van der Waals surface area (Å²) in [5.74, 6) is -0.313. The molecule has 5 heteroatoms. The molecule has 1 atom stereocenters. The number of rotatable bonds is 7. The van der Waals surface area contributed by atoms with Crippen molar-refractivity contribution in [3.05, 3.63) is 30.1 Å². The number of carbonyl (C=O) groups is 1. The molecule has 1 rings (SSSR count). The first-order valence-corrected chi connectivity index (χ1v) is 6.14. The Kier molecular flexibility index (Phi) is 6.14. The van der Waals surface area contributed by atoms with Crippen molar-refractivity contribution >= 4 is 11.6 Å². The Labute approximate surface area is 107 Å². The maximum Gasteiger partial charge on any atom is 0.222 e. The van der Waals surface area contributed by atoms with Crippen LogP contribution in [0.25, 0.3) is 0 Å². The summed E-state index contributed by atoms with van der Waals surface area (Å²) < 4.78 is 12.7. The van der Waals surface area contributed by atoms with Crippen LogP contribution in [0, 0.1) is 5.82 Å². The minimum atomic E-state index is -0.287. The monoisotopic (exact) mass is 253 g/mol. The quantitative estimate of drug-likeness (QED) is 0.689. The van der Waals surface area contributed by atoms with Crippen LogP contribution in [0.1, 0.15) is 19.8 Å². The van der Waals surface area contributed by atoms with Crippen LogP contribution in [0.15, 0.2) is 24.3 Å². The van der Waals surface area contributed by atoms with Gasteiger partial charge in [-0.1, -0.05) is 6.92 Å². The molecule has 4 nitrogen and oxygen atoms in total. The van der Waals surface area contributed by atoms with E-state index in [2.05, 4.69) is 10.6 Å². The van der Waals surface area contributed by atoms with E-state index in [0.717, 1.165) is 12.1 Å². The minimum absolute atomic E-state index is 0.0260. The van der Waals surface area contributed by atoms with Gasteiger partial charge in [0.05, 0.1) is 0 Å². The molecule has 0 aliphatic heterocycles. The lowest BCUT2D eigenvalue weighted by atomic mass is 10.1. The molecule has 0 aliphatic carbocycles. The lowest BCUT2D eigenvalue weighted by molar-refractivity contribution is -0.121. The van der Waals surface area contributed by atoms with Crippen molar-refractivity contribution in [3.8, 4) is 0 Å². The van der Waals surface area contributed by atoms with Gasteiger partial charge in [0.15, 0.2) is 0 Å². The Morgan fingerprint density at radius 3 is 2.61 bits per heavy atom. The van der Waals surface area contributed by atoms with Crippen LogP contribution in [0.4, 0.5) is 10.1 Å². The highest BCUT2D eigenvalue weighted by atomic mass is 19.1. The highest BCUT2D eigenvalue weighted by Crippen LogP contribution is 2.10.